The van der Waals surface area contributed by atoms with Gasteiger partial charge >= 0.3 is 0 Å². The van der Waals surface area contributed by atoms with Crippen LogP contribution < -0.4 is 11.1 Å². The summed E-state index contributed by atoms with van der Waals surface area (Å²) in [5.74, 6) is 0.929. The smallest absolute Gasteiger partial charge is 0.224 e. The first-order valence-electron chi connectivity index (χ1n) is 5.09. The first-order chi connectivity index (χ1) is 7.37. The van der Waals surface area contributed by atoms with E-state index in [1.807, 2.05) is 11.6 Å². The van der Waals surface area contributed by atoms with Crippen molar-refractivity contribution in [1.29, 1.82) is 0 Å². The Morgan fingerprint density at radius 1 is 1.31 bits per heavy atom. The van der Waals surface area contributed by atoms with Crippen molar-refractivity contribution in [3.8, 4) is 0 Å². The van der Waals surface area contributed by atoms with Crippen molar-refractivity contribution >= 4 is 22.9 Å². The molecule has 0 fully saturated rings. The fraction of sp³-hybridized carbons (Fsp3) is 0.500. The highest BCUT2D eigenvalue weighted by molar-refractivity contribution is 5.84. The summed E-state index contributed by atoms with van der Waals surface area (Å²) in [5, 5.41) is 3.27. The molecule has 0 aromatic carbocycles. The van der Waals surface area contributed by atoms with Gasteiger partial charge in [0.1, 0.15) is 0 Å². The molecule has 6 heteroatoms. The number of nitrogens with one attached hydrogen (secondary N) is 1. The Kier molecular flexibility index (Phi) is 2.22. The molecule has 0 saturated heterocycles. The Labute approximate surface area is 93.9 Å². The van der Waals surface area contributed by atoms with Crippen molar-refractivity contribution in [3.63, 3.8) is 0 Å². The molecule has 2 rings (SSSR count). The van der Waals surface area contributed by atoms with Crippen LogP contribution in [0.3, 0.4) is 0 Å². The number of imidazole rings is 1. The highest BCUT2D eigenvalue weighted by Gasteiger charge is 2.16. The van der Waals surface area contributed by atoms with Gasteiger partial charge in [0, 0.05) is 12.6 Å². The average Bonchev–Trinajstić information content (AvgIpc) is 2.45. The molecular weight excluding hydrogens is 204 g/mol. The molecule has 0 aliphatic rings. The molecule has 3 N–H and O–H groups in total. The highest BCUT2D eigenvalue weighted by atomic mass is 15.2. The summed E-state index contributed by atoms with van der Waals surface area (Å²) in [6, 6.07) is 0. The number of hydrogen-bond acceptors (Lipinski definition) is 5. The van der Waals surface area contributed by atoms with Crippen LogP contribution in [-0.4, -0.2) is 25.1 Å². The summed E-state index contributed by atoms with van der Waals surface area (Å²) in [6.07, 6.45) is 1.70. The number of hydrogen-bond donors (Lipinski definition) is 2. The maximum absolute atomic E-state index is 5.67. The van der Waals surface area contributed by atoms with E-state index in [4.69, 9.17) is 5.73 Å². The maximum atomic E-state index is 5.67. The van der Waals surface area contributed by atoms with E-state index in [0.29, 0.717) is 5.82 Å². The Morgan fingerprint density at radius 3 is 2.62 bits per heavy atom. The van der Waals surface area contributed by atoms with Crippen LogP contribution in [0.25, 0.3) is 11.2 Å². The maximum Gasteiger partial charge on any atom is 0.224 e. The van der Waals surface area contributed by atoms with Crippen LogP contribution in [0.4, 0.5) is 11.8 Å². The zero-order chi connectivity index (χ0) is 11.9. The lowest BCUT2D eigenvalue weighted by atomic mass is 10.1. The first-order valence-corrected chi connectivity index (χ1v) is 5.09. The molecule has 0 bridgehead atoms. The van der Waals surface area contributed by atoms with E-state index >= 15 is 0 Å². The van der Waals surface area contributed by atoms with Crippen molar-refractivity contribution in [1.82, 2.24) is 19.5 Å². The van der Waals surface area contributed by atoms with Gasteiger partial charge in [0.05, 0.1) is 6.33 Å². The summed E-state index contributed by atoms with van der Waals surface area (Å²) in [5.41, 5.74) is 7.05. The van der Waals surface area contributed by atoms with E-state index in [0.717, 1.165) is 11.2 Å². The Morgan fingerprint density at radius 2 is 2.00 bits per heavy atom. The van der Waals surface area contributed by atoms with Gasteiger partial charge in [-0.15, -0.1) is 0 Å². The fourth-order valence-electron chi connectivity index (χ4n) is 1.47. The average molecular weight is 220 g/mol. The lowest BCUT2D eigenvalue weighted by Crippen LogP contribution is -2.27. The Bertz CT molecular complexity index is 522. The predicted molar refractivity (Wildman–Crippen MR) is 64.1 cm³/mol. The van der Waals surface area contributed by atoms with E-state index in [9.17, 15) is 0 Å². The molecule has 86 valence electrons. The molecule has 2 aromatic heterocycles. The van der Waals surface area contributed by atoms with Crippen LogP contribution in [0.2, 0.25) is 0 Å². The summed E-state index contributed by atoms with van der Waals surface area (Å²) < 4.78 is 1.82. The monoisotopic (exact) mass is 220 g/mol. The largest absolute Gasteiger partial charge is 0.368 e. The number of nitrogens with two attached hydrogens (primary N) is 1. The molecule has 16 heavy (non-hydrogen) atoms. The molecule has 0 radical (unpaired) electrons. The van der Waals surface area contributed by atoms with E-state index in [-0.39, 0.29) is 11.5 Å². The van der Waals surface area contributed by atoms with Crippen molar-refractivity contribution < 1.29 is 0 Å². The van der Waals surface area contributed by atoms with E-state index < -0.39 is 0 Å². The molecule has 0 aliphatic heterocycles. The van der Waals surface area contributed by atoms with Crippen molar-refractivity contribution in [2.75, 3.05) is 11.1 Å². The van der Waals surface area contributed by atoms with Crippen LogP contribution in [0.15, 0.2) is 6.33 Å². The third-order valence-electron chi connectivity index (χ3n) is 2.07. The van der Waals surface area contributed by atoms with Crippen molar-refractivity contribution in [2.24, 2.45) is 7.05 Å². The van der Waals surface area contributed by atoms with Crippen LogP contribution >= 0.6 is 0 Å². The second-order valence-corrected chi connectivity index (χ2v) is 4.83. The minimum absolute atomic E-state index is 0.0920. The molecule has 0 atom stereocenters. The third-order valence-corrected chi connectivity index (χ3v) is 2.07. The minimum atomic E-state index is -0.0920. The molecule has 2 heterocycles. The predicted octanol–water partition coefficient (Wildman–Crippen LogP) is 1.16. The summed E-state index contributed by atoms with van der Waals surface area (Å²) >= 11 is 0. The molecule has 0 saturated carbocycles. The Balaban J connectivity index is 2.60. The lowest BCUT2D eigenvalue weighted by molar-refractivity contribution is 0.631. The quantitative estimate of drug-likeness (QED) is 0.753. The number of nitrogens with zero attached hydrogens (tertiary/aromatic N) is 4. The van der Waals surface area contributed by atoms with E-state index in [2.05, 4.69) is 41.0 Å². The third kappa shape index (κ3) is 1.91. The van der Waals surface area contributed by atoms with Gasteiger partial charge in [-0.2, -0.15) is 9.97 Å². The molecule has 0 spiro atoms. The van der Waals surface area contributed by atoms with Crippen LogP contribution in [0, 0.1) is 0 Å². The fourth-order valence-corrected chi connectivity index (χ4v) is 1.47. The van der Waals surface area contributed by atoms with Crippen LogP contribution in [0.5, 0.6) is 0 Å². The summed E-state index contributed by atoms with van der Waals surface area (Å²) in [4.78, 5) is 12.6. The zero-order valence-corrected chi connectivity index (χ0v) is 9.94. The van der Waals surface area contributed by atoms with E-state index in [1.54, 1.807) is 6.33 Å². The van der Waals surface area contributed by atoms with E-state index in [1.165, 1.54) is 0 Å². The van der Waals surface area contributed by atoms with Gasteiger partial charge in [0.2, 0.25) is 5.95 Å². The molecule has 2 aromatic rings. The van der Waals surface area contributed by atoms with Gasteiger partial charge in [-0.25, -0.2) is 4.98 Å². The van der Waals surface area contributed by atoms with Crippen molar-refractivity contribution in [2.45, 2.75) is 26.3 Å². The van der Waals surface area contributed by atoms with Gasteiger partial charge in [-0.3, -0.25) is 0 Å². The number of aromatic nitrogens is 4. The molecule has 6 nitrogen and oxygen atoms in total. The zero-order valence-electron chi connectivity index (χ0n) is 9.94. The minimum Gasteiger partial charge on any atom is -0.368 e. The second kappa shape index (κ2) is 3.33. The lowest BCUT2D eigenvalue weighted by Gasteiger charge is -2.21. The number of aryl methyl sites for hydroxylation is 1. The first kappa shape index (κ1) is 10.7. The van der Waals surface area contributed by atoms with Crippen molar-refractivity contribution in [3.05, 3.63) is 6.33 Å². The molecule has 0 unspecified atom stereocenters. The van der Waals surface area contributed by atoms with Crippen LogP contribution in [0.1, 0.15) is 20.8 Å². The highest BCUT2D eigenvalue weighted by Crippen LogP contribution is 2.21. The molecule has 0 amide bonds. The molecule has 0 aliphatic carbocycles. The SMILES string of the molecule is Cn1cnc2c(NC(C)(C)C)nc(N)nc21. The number of anilines is 2. The standard InChI is InChI=1S/C10H16N6/c1-10(2,3)15-7-6-8(14-9(11)13-7)16(4)5-12-6/h5H,1-4H3,(H3,11,13,14,15). The topological polar surface area (TPSA) is 81.7 Å². The molecular formula is C10H16N6. The van der Waals surface area contributed by atoms with Crippen LogP contribution in [-0.2, 0) is 7.05 Å². The Hall–Kier alpha value is -1.85. The van der Waals surface area contributed by atoms with Gasteiger partial charge in [-0.05, 0) is 20.8 Å². The normalized spacial score (nSPS) is 12.0. The van der Waals surface area contributed by atoms with Gasteiger partial charge in [-0.1, -0.05) is 0 Å². The van der Waals surface area contributed by atoms with Gasteiger partial charge < -0.3 is 15.6 Å². The summed E-state index contributed by atoms with van der Waals surface area (Å²) in [6.45, 7) is 6.17. The number of rotatable bonds is 1. The summed E-state index contributed by atoms with van der Waals surface area (Å²) in [7, 11) is 1.88. The second-order valence-electron chi connectivity index (χ2n) is 4.83. The number of fused-ring (bicyclic) bond motifs is 1. The number of nitrogen functional groups attached to an aromatic ring is 1. The van der Waals surface area contributed by atoms with Gasteiger partial charge in [0.15, 0.2) is 17.0 Å². The van der Waals surface area contributed by atoms with Gasteiger partial charge in [0.25, 0.3) is 0 Å².